The predicted octanol–water partition coefficient (Wildman–Crippen LogP) is 3.93. The van der Waals surface area contributed by atoms with E-state index in [-0.39, 0.29) is 11.7 Å². The number of ether oxygens (including phenoxy) is 1. The molecule has 7 heteroatoms. The van der Waals surface area contributed by atoms with Crippen LogP contribution in [0.15, 0.2) is 29.1 Å². The average molecular weight is 405 g/mol. The average Bonchev–Trinajstić information content (AvgIpc) is 2.73. The zero-order valence-corrected chi connectivity index (χ0v) is 17.5. The molecule has 0 amide bonds. The predicted molar refractivity (Wildman–Crippen MR) is 112 cm³/mol. The van der Waals surface area contributed by atoms with Gasteiger partial charge in [-0.3, -0.25) is 9.69 Å². The van der Waals surface area contributed by atoms with Gasteiger partial charge in [0.25, 0.3) is 5.56 Å². The van der Waals surface area contributed by atoms with E-state index in [1.807, 2.05) is 25.1 Å². The first kappa shape index (κ1) is 21.0. The van der Waals surface area contributed by atoms with Gasteiger partial charge in [0.2, 0.25) is 0 Å². The van der Waals surface area contributed by atoms with E-state index >= 15 is 0 Å². The Kier molecular flexibility index (Phi) is 7.59. The van der Waals surface area contributed by atoms with Crippen molar-refractivity contribution in [1.82, 2.24) is 19.7 Å². The van der Waals surface area contributed by atoms with E-state index in [1.165, 1.54) is 12.8 Å². The van der Waals surface area contributed by atoms with E-state index in [9.17, 15) is 4.79 Å². The Morgan fingerprint density at radius 1 is 1.18 bits per heavy atom. The van der Waals surface area contributed by atoms with Gasteiger partial charge in [-0.05, 0) is 19.4 Å². The summed E-state index contributed by atoms with van der Waals surface area (Å²) in [5.74, 6) is 0.700. The maximum Gasteiger partial charge on any atom is 0.294 e. The minimum Gasteiger partial charge on any atom is -0.379 e. The van der Waals surface area contributed by atoms with Crippen LogP contribution in [0.4, 0.5) is 0 Å². The Labute approximate surface area is 171 Å². The normalized spacial score (nSPS) is 16.2. The summed E-state index contributed by atoms with van der Waals surface area (Å²) in [4.78, 5) is 20.1. The number of morpholine rings is 1. The molecule has 2 heterocycles. The lowest BCUT2D eigenvalue weighted by molar-refractivity contribution is -0.00110. The molecule has 0 saturated carbocycles. The van der Waals surface area contributed by atoms with Crippen LogP contribution < -0.4 is 5.56 Å². The third kappa shape index (κ3) is 4.99. The van der Waals surface area contributed by atoms with Crippen molar-refractivity contribution in [3.63, 3.8) is 0 Å². The number of nitrogens with zero attached hydrogens (tertiary/aromatic N) is 4. The van der Waals surface area contributed by atoms with Crippen LogP contribution in [-0.4, -0.2) is 46.0 Å². The van der Waals surface area contributed by atoms with E-state index in [1.54, 1.807) is 10.7 Å². The molecule has 1 aliphatic heterocycles. The van der Waals surface area contributed by atoms with E-state index < -0.39 is 0 Å². The number of hydrogen-bond donors (Lipinski definition) is 0. The lowest BCUT2D eigenvalue weighted by Crippen LogP contribution is -2.44. The van der Waals surface area contributed by atoms with Crippen LogP contribution in [0.1, 0.15) is 51.5 Å². The quantitative estimate of drug-likeness (QED) is 0.624. The van der Waals surface area contributed by atoms with Crippen molar-refractivity contribution < 1.29 is 4.74 Å². The Morgan fingerprint density at radius 2 is 1.93 bits per heavy atom. The van der Waals surface area contributed by atoms with Crippen molar-refractivity contribution >= 4 is 11.6 Å². The second-order valence-electron chi connectivity index (χ2n) is 7.20. The van der Waals surface area contributed by atoms with Gasteiger partial charge < -0.3 is 4.74 Å². The van der Waals surface area contributed by atoms with Crippen molar-refractivity contribution in [2.75, 3.05) is 26.3 Å². The van der Waals surface area contributed by atoms with Crippen LogP contribution >= 0.6 is 11.6 Å². The molecule has 0 radical (unpaired) electrons. The standard InChI is InChI=1S/C21H29ClN4O2/c1-3-4-5-6-11-19-23-20(17-9-7-8-10-18(17)22)21(27)26(24-19)16(2)25-12-14-28-15-13-25/h7-10,16H,3-6,11-15H2,1-2H3. The summed E-state index contributed by atoms with van der Waals surface area (Å²) >= 11 is 6.37. The Hall–Kier alpha value is -1.76. The minimum atomic E-state index is -0.204. The molecule has 1 aromatic heterocycles. The molecule has 1 atom stereocenters. The first-order valence-corrected chi connectivity index (χ1v) is 10.6. The second-order valence-corrected chi connectivity index (χ2v) is 7.60. The Balaban J connectivity index is 1.98. The summed E-state index contributed by atoms with van der Waals surface area (Å²) in [5, 5.41) is 5.16. The van der Waals surface area contributed by atoms with Crippen LogP contribution in [0.25, 0.3) is 11.3 Å². The molecular weight excluding hydrogens is 376 g/mol. The first-order chi connectivity index (χ1) is 13.6. The van der Waals surface area contributed by atoms with Crippen LogP contribution in [0.2, 0.25) is 5.02 Å². The number of rotatable bonds is 8. The summed E-state index contributed by atoms with van der Waals surface area (Å²) in [6, 6.07) is 7.36. The van der Waals surface area contributed by atoms with E-state index in [2.05, 4.69) is 21.9 Å². The van der Waals surface area contributed by atoms with Crippen LogP contribution in [-0.2, 0) is 11.2 Å². The maximum absolute atomic E-state index is 13.3. The summed E-state index contributed by atoms with van der Waals surface area (Å²) in [6.07, 6.45) is 5.13. The number of aryl methyl sites for hydroxylation is 1. The highest BCUT2D eigenvalue weighted by Crippen LogP contribution is 2.24. The van der Waals surface area contributed by atoms with Gasteiger partial charge in [-0.1, -0.05) is 56.0 Å². The number of benzene rings is 1. The summed E-state index contributed by atoms with van der Waals surface area (Å²) in [6.45, 7) is 7.11. The van der Waals surface area contributed by atoms with Gasteiger partial charge in [-0.2, -0.15) is 5.10 Å². The van der Waals surface area contributed by atoms with Crippen molar-refractivity contribution in [2.45, 2.75) is 52.1 Å². The summed E-state index contributed by atoms with van der Waals surface area (Å²) in [7, 11) is 0. The second kappa shape index (κ2) is 10.1. The highest BCUT2D eigenvalue weighted by molar-refractivity contribution is 6.33. The van der Waals surface area contributed by atoms with Gasteiger partial charge >= 0.3 is 0 Å². The van der Waals surface area contributed by atoms with Gasteiger partial charge in [0.15, 0.2) is 0 Å². The molecule has 1 aromatic carbocycles. The monoisotopic (exact) mass is 404 g/mol. The maximum atomic E-state index is 13.3. The fourth-order valence-corrected chi connectivity index (χ4v) is 3.71. The van der Waals surface area contributed by atoms with E-state index in [0.29, 0.717) is 35.3 Å². The van der Waals surface area contributed by atoms with Crippen LogP contribution in [0.3, 0.4) is 0 Å². The molecule has 6 nitrogen and oxygen atoms in total. The van der Waals surface area contributed by atoms with E-state index in [4.69, 9.17) is 16.3 Å². The topological polar surface area (TPSA) is 60.2 Å². The van der Waals surface area contributed by atoms with Crippen molar-refractivity contribution in [1.29, 1.82) is 0 Å². The first-order valence-electron chi connectivity index (χ1n) is 10.2. The zero-order chi connectivity index (χ0) is 19.9. The van der Waals surface area contributed by atoms with Gasteiger partial charge in [0.1, 0.15) is 17.7 Å². The lowest BCUT2D eigenvalue weighted by atomic mass is 10.1. The molecule has 0 bridgehead atoms. The molecule has 152 valence electrons. The van der Waals surface area contributed by atoms with Crippen molar-refractivity contribution in [3.05, 3.63) is 45.5 Å². The smallest absolute Gasteiger partial charge is 0.294 e. The third-order valence-corrected chi connectivity index (χ3v) is 5.52. The highest BCUT2D eigenvalue weighted by atomic mass is 35.5. The fraction of sp³-hybridized carbons (Fsp3) is 0.571. The van der Waals surface area contributed by atoms with Gasteiger partial charge in [0, 0.05) is 25.1 Å². The molecule has 1 unspecified atom stereocenters. The SMILES string of the molecule is CCCCCCc1nc(-c2ccccc2Cl)c(=O)n(C(C)N2CCOCC2)n1. The molecule has 3 rings (SSSR count). The van der Waals surface area contributed by atoms with Crippen molar-refractivity contribution in [3.8, 4) is 11.3 Å². The largest absolute Gasteiger partial charge is 0.379 e. The molecular formula is C21H29ClN4O2. The van der Waals surface area contributed by atoms with Gasteiger partial charge in [-0.25, -0.2) is 9.67 Å². The number of hydrogen-bond acceptors (Lipinski definition) is 5. The zero-order valence-electron chi connectivity index (χ0n) is 16.7. The minimum absolute atomic E-state index is 0.157. The number of unbranched alkanes of at least 4 members (excludes halogenated alkanes) is 3. The molecule has 0 N–H and O–H groups in total. The van der Waals surface area contributed by atoms with Crippen LogP contribution in [0.5, 0.6) is 0 Å². The molecule has 1 saturated heterocycles. The number of halogens is 1. The van der Waals surface area contributed by atoms with Crippen LogP contribution in [0, 0.1) is 0 Å². The molecule has 2 aromatic rings. The molecule has 1 aliphatic rings. The van der Waals surface area contributed by atoms with E-state index in [0.717, 1.165) is 32.4 Å². The molecule has 0 aliphatic carbocycles. The molecule has 1 fully saturated rings. The molecule has 28 heavy (non-hydrogen) atoms. The lowest BCUT2D eigenvalue weighted by Gasteiger charge is -2.32. The third-order valence-electron chi connectivity index (χ3n) is 5.19. The van der Waals surface area contributed by atoms with Gasteiger partial charge in [0.05, 0.1) is 18.2 Å². The summed E-state index contributed by atoms with van der Waals surface area (Å²) < 4.78 is 7.02. The molecule has 0 spiro atoms. The van der Waals surface area contributed by atoms with Crippen molar-refractivity contribution in [2.24, 2.45) is 0 Å². The number of aromatic nitrogens is 3. The Bertz CT molecular complexity index is 833. The highest BCUT2D eigenvalue weighted by Gasteiger charge is 2.23. The Morgan fingerprint density at radius 3 is 2.64 bits per heavy atom. The van der Waals surface area contributed by atoms with Gasteiger partial charge in [-0.15, -0.1) is 0 Å². The fourth-order valence-electron chi connectivity index (χ4n) is 3.48. The summed E-state index contributed by atoms with van der Waals surface area (Å²) in [5.41, 5.74) is 0.838.